The van der Waals surface area contributed by atoms with Crippen molar-refractivity contribution in [2.75, 3.05) is 52.9 Å². The Morgan fingerprint density at radius 2 is 1.84 bits per heavy atom. The highest BCUT2D eigenvalue weighted by Crippen LogP contribution is 2.23. The first kappa shape index (κ1) is 19.7. The average Bonchev–Trinajstić information content (AvgIpc) is 2.87. The largest absolute Gasteiger partial charge is 0.444 e. The third kappa shape index (κ3) is 6.33. The van der Waals surface area contributed by atoms with Gasteiger partial charge in [0.15, 0.2) is 0 Å². The van der Waals surface area contributed by atoms with Gasteiger partial charge in [-0.1, -0.05) is 24.3 Å². The molecule has 0 atom stereocenters. The van der Waals surface area contributed by atoms with Crippen molar-refractivity contribution in [3.8, 4) is 0 Å². The fourth-order valence-corrected chi connectivity index (χ4v) is 2.99. The molecule has 2 heterocycles. The molecule has 140 valence electrons. The van der Waals surface area contributed by atoms with Crippen LogP contribution in [0, 0.1) is 0 Å². The topological polar surface area (TPSA) is 36.0 Å². The maximum atomic E-state index is 12.2. The molecular formula is C20H33N3O2. The number of hydrogen-bond acceptors (Lipinski definition) is 4. The number of hydrogen-bond donors (Lipinski definition) is 0. The maximum absolute atomic E-state index is 12.2. The quantitative estimate of drug-likeness (QED) is 0.786. The molecule has 2 aliphatic rings. The molecule has 0 aliphatic carbocycles. The number of nitrogens with zero attached hydrogens (tertiary/aromatic N) is 3. The first-order valence-corrected chi connectivity index (χ1v) is 9.07. The Bertz CT molecular complexity index is 564. The van der Waals surface area contributed by atoms with E-state index in [0.717, 1.165) is 43.9 Å². The number of likely N-dealkylation sites (tertiary alicyclic amines) is 1. The van der Waals surface area contributed by atoms with Crippen molar-refractivity contribution in [3.05, 3.63) is 35.5 Å². The number of carbonyl (C=O) groups excluding carboxylic acids is 1. The molecule has 0 unspecified atom stereocenters. The summed E-state index contributed by atoms with van der Waals surface area (Å²) in [7, 11) is 2.17. The van der Waals surface area contributed by atoms with Crippen molar-refractivity contribution in [2.24, 2.45) is 0 Å². The van der Waals surface area contributed by atoms with E-state index in [0.29, 0.717) is 13.1 Å². The number of amides is 1. The SMILES string of the molecule is C=C1CN(C(=O)OC(C)(C)C)C/C1=C/C=C(\C)CN1CCN(C)CC1. The summed E-state index contributed by atoms with van der Waals surface area (Å²) < 4.78 is 5.45. The molecule has 2 aliphatic heterocycles. The highest BCUT2D eigenvalue weighted by molar-refractivity contribution is 5.71. The van der Waals surface area contributed by atoms with Gasteiger partial charge in [-0.05, 0) is 45.9 Å². The van der Waals surface area contributed by atoms with Crippen molar-refractivity contribution in [1.82, 2.24) is 14.7 Å². The first-order chi connectivity index (χ1) is 11.6. The zero-order valence-electron chi connectivity index (χ0n) is 16.5. The highest BCUT2D eigenvalue weighted by Gasteiger charge is 2.28. The van der Waals surface area contributed by atoms with Gasteiger partial charge in [0.25, 0.3) is 0 Å². The molecule has 5 nitrogen and oxygen atoms in total. The van der Waals surface area contributed by atoms with E-state index in [9.17, 15) is 4.79 Å². The molecule has 0 radical (unpaired) electrons. The van der Waals surface area contributed by atoms with Crippen LogP contribution in [0.3, 0.4) is 0 Å². The average molecular weight is 348 g/mol. The normalized spacial score (nSPS) is 22.8. The predicted molar refractivity (Wildman–Crippen MR) is 103 cm³/mol. The van der Waals surface area contributed by atoms with Gasteiger partial charge in [0.1, 0.15) is 5.60 Å². The number of rotatable bonds is 3. The maximum Gasteiger partial charge on any atom is 0.410 e. The summed E-state index contributed by atoms with van der Waals surface area (Å²) in [6, 6.07) is 0. The van der Waals surface area contributed by atoms with E-state index in [4.69, 9.17) is 4.74 Å². The number of carbonyl (C=O) groups is 1. The van der Waals surface area contributed by atoms with E-state index in [-0.39, 0.29) is 6.09 Å². The molecule has 0 spiro atoms. The molecule has 0 aromatic carbocycles. The van der Waals surface area contributed by atoms with Crippen molar-refractivity contribution in [3.63, 3.8) is 0 Å². The minimum atomic E-state index is -0.468. The number of ether oxygens (including phenoxy) is 1. The molecule has 0 aromatic heterocycles. The highest BCUT2D eigenvalue weighted by atomic mass is 16.6. The zero-order chi connectivity index (χ0) is 18.6. The minimum Gasteiger partial charge on any atom is -0.444 e. The Morgan fingerprint density at radius 1 is 1.20 bits per heavy atom. The Labute approximate surface area is 152 Å². The second-order valence-corrected chi connectivity index (χ2v) is 8.22. The van der Waals surface area contributed by atoms with Gasteiger partial charge in [-0.15, -0.1) is 0 Å². The monoisotopic (exact) mass is 347 g/mol. The van der Waals surface area contributed by atoms with E-state index in [1.165, 1.54) is 5.57 Å². The third-order valence-electron chi connectivity index (χ3n) is 4.49. The summed E-state index contributed by atoms with van der Waals surface area (Å²) in [6.45, 7) is 18.6. The summed E-state index contributed by atoms with van der Waals surface area (Å²) in [5.74, 6) is 0. The van der Waals surface area contributed by atoms with Gasteiger partial charge >= 0.3 is 6.09 Å². The van der Waals surface area contributed by atoms with Crippen LogP contribution in [0.4, 0.5) is 4.79 Å². The van der Waals surface area contributed by atoms with E-state index >= 15 is 0 Å². The zero-order valence-corrected chi connectivity index (χ0v) is 16.5. The van der Waals surface area contributed by atoms with Crippen LogP contribution in [0.25, 0.3) is 0 Å². The molecule has 1 amide bonds. The first-order valence-electron chi connectivity index (χ1n) is 9.07. The second-order valence-electron chi connectivity index (χ2n) is 8.22. The molecule has 2 fully saturated rings. The Hall–Kier alpha value is -1.59. The lowest BCUT2D eigenvalue weighted by molar-refractivity contribution is 0.0305. The Balaban J connectivity index is 1.89. The Kier molecular flexibility index (Phi) is 6.47. The third-order valence-corrected chi connectivity index (χ3v) is 4.49. The molecular weight excluding hydrogens is 314 g/mol. The van der Waals surface area contributed by atoms with Crippen LogP contribution < -0.4 is 0 Å². The van der Waals surface area contributed by atoms with Gasteiger partial charge < -0.3 is 9.64 Å². The fraction of sp³-hybridized carbons (Fsp3) is 0.650. The van der Waals surface area contributed by atoms with E-state index in [1.54, 1.807) is 4.90 Å². The molecule has 2 rings (SSSR count). The molecule has 25 heavy (non-hydrogen) atoms. The molecule has 0 N–H and O–H groups in total. The van der Waals surface area contributed by atoms with E-state index in [2.05, 4.69) is 42.5 Å². The van der Waals surface area contributed by atoms with Crippen LogP contribution in [-0.2, 0) is 4.74 Å². The Morgan fingerprint density at radius 3 is 2.44 bits per heavy atom. The van der Waals surface area contributed by atoms with Crippen LogP contribution in [0.5, 0.6) is 0 Å². The van der Waals surface area contributed by atoms with Gasteiger partial charge in [-0.25, -0.2) is 4.79 Å². The van der Waals surface area contributed by atoms with Gasteiger partial charge in [0.05, 0.1) is 0 Å². The van der Waals surface area contributed by atoms with E-state index in [1.807, 2.05) is 20.8 Å². The van der Waals surface area contributed by atoms with Crippen LogP contribution in [0.15, 0.2) is 35.5 Å². The van der Waals surface area contributed by atoms with Crippen LogP contribution in [0.1, 0.15) is 27.7 Å². The standard InChI is InChI=1S/C20H33N3O2/c1-16(13-22-11-9-21(6)10-12-22)7-8-18-15-23(14-17(18)2)19(24)25-20(3,4)5/h7-8H,2,9-15H2,1,3-6H3/b16-7+,18-8-. The van der Waals surface area contributed by atoms with Crippen LogP contribution >= 0.6 is 0 Å². The molecule has 5 heteroatoms. The van der Waals surface area contributed by atoms with Crippen LogP contribution in [0.2, 0.25) is 0 Å². The molecule has 0 bridgehead atoms. The van der Waals surface area contributed by atoms with Gasteiger partial charge in [-0.3, -0.25) is 9.80 Å². The number of piperazine rings is 1. The van der Waals surface area contributed by atoms with Gasteiger partial charge in [0.2, 0.25) is 0 Å². The predicted octanol–water partition coefficient (Wildman–Crippen LogP) is 2.91. The lowest BCUT2D eigenvalue weighted by atomic mass is 10.1. The lowest BCUT2D eigenvalue weighted by Crippen LogP contribution is -2.44. The fourth-order valence-electron chi connectivity index (χ4n) is 2.99. The summed E-state index contributed by atoms with van der Waals surface area (Å²) >= 11 is 0. The van der Waals surface area contributed by atoms with Gasteiger partial charge in [0, 0.05) is 45.8 Å². The number of allylic oxidation sites excluding steroid dienone is 2. The smallest absolute Gasteiger partial charge is 0.410 e. The molecule has 2 saturated heterocycles. The van der Waals surface area contributed by atoms with Gasteiger partial charge in [-0.2, -0.15) is 0 Å². The van der Waals surface area contributed by atoms with Crippen molar-refractivity contribution in [2.45, 2.75) is 33.3 Å². The van der Waals surface area contributed by atoms with E-state index < -0.39 is 5.60 Å². The summed E-state index contributed by atoms with van der Waals surface area (Å²) in [4.78, 5) is 18.8. The van der Waals surface area contributed by atoms with Crippen molar-refractivity contribution in [1.29, 1.82) is 0 Å². The van der Waals surface area contributed by atoms with Crippen LogP contribution in [-0.4, -0.2) is 79.3 Å². The number of likely N-dealkylation sites (N-methyl/N-ethyl adjacent to an activating group) is 1. The summed E-state index contributed by atoms with van der Waals surface area (Å²) in [5, 5.41) is 0. The molecule has 0 aromatic rings. The summed E-state index contributed by atoms with van der Waals surface area (Å²) in [5.41, 5.74) is 2.97. The summed E-state index contributed by atoms with van der Waals surface area (Å²) in [6.07, 6.45) is 4.01. The van der Waals surface area contributed by atoms with Crippen molar-refractivity contribution >= 4 is 6.09 Å². The lowest BCUT2D eigenvalue weighted by Gasteiger charge is -2.32. The van der Waals surface area contributed by atoms with Crippen molar-refractivity contribution < 1.29 is 9.53 Å². The minimum absolute atomic E-state index is 0.268. The molecule has 0 saturated carbocycles. The second kappa shape index (κ2) is 8.19.